The first-order valence-electron chi connectivity index (χ1n) is 11.8. The molecule has 0 spiro atoms. The van der Waals surface area contributed by atoms with Gasteiger partial charge in [0.2, 0.25) is 0 Å². The molecule has 2 aromatic rings. The van der Waals surface area contributed by atoms with E-state index in [2.05, 4.69) is 6.07 Å². The summed E-state index contributed by atoms with van der Waals surface area (Å²) in [5.74, 6) is 3.24. The number of allylic oxidation sites excluding steroid dienone is 3. The summed E-state index contributed by atoms with van der Waals surface area (Å²) < 4.78 is 12.4. The van der Waals surface area contributed by atoms with Gasteiger partial charge >= 0.3 is 0 Å². The number of hydrogen-bond donors (Lipinski definition) is 1. The van der Waals surface area contributed by atoms with Crippen molar-refractivity contribution in [2.45, 2.75) is 51.4 Å². The second-order valence-corrected chi connectivity index (χ2v) is 9.07. The molecule has 3 nitrogen and oxygen atoms in total. The molecule has 3 heteroatoms. The maximum atomic E-state index is 10.2. The van der Waals surface area contributed by atoms with Crippen LogP contribution in [0, 0.1) is 11.8 Å². The Morgan fingerprint density at radius 1 is 0.903 bits per heavy atom. The van der Waals surface area contributed by atoms with Crippen LogP contribution >= 0.6 is 0 Å². The molecule has 1 N–H and O–H groups in total. The van der Waals surface area contributed by atoms with Gasteiger partial charge in [-0.1, -0.05) is 47.9 Å². The fourth-order valence-electron chi connectivity index (χ4n) is 5.82. The van der Waals surface area contributed by atoms with Crippen LogP contribution in [-0.4, -0.2) is 18.3 Å². The summed E-state index contributed by atoms with van der Waals surface area (Å²) in [6, 6.07) is 17.5. The zero-order chi connectivity index (χ0) is 21.0. The molecule has 2 unspecified atom stereocenters. The highest BCUT2D eigenvalue weighted by atomic mass is 16.5. The van der Waals surface area contributed by atoms with Crippen LogP contribution in [0.1, 0.15) is 56.9 Å². The van der Waals surface area contributed by atoms with Gasteiger partial charge in [0.25, 0.3) is 0 Å². The van der Waals surface area contributed by atoms with E-state index in [0.29, 0.717) is 30.8 Å². The summed E-state index contributed by atoms with van der Waals surface area (Å²) in [5.41, 5.74) is 5.93. The monoisotopic (exact) mass is 416 g/mol. The molecule has 1 saturated carbocycles. The van der Waals surface area contributed by atoms with E-state index in [1.165, 1.54) is 56.9 Å². The Morgan fingerprint density at radius 2 is 1.77 bits per heavy atom. The molecule has 1 fully saturated rings. The topological polar surface area (TPSA) is 38.7 Å². The molecule has 162 valence electrons. The Morgan fingerprint density at radius 3 is 2.65 bits per heavy atom. The van der Waals surface area contributed by atoms with Gasteiger partial charge in [-0.2, -0.15) is 0 Å². The SMILES string of the molecule is Oc1cccc(C(OCCOc2ccccc2)=C2C3CCCC2C2=C(CCCC2)C3)c1. The fourth-order valence-corrected chi connectivity index (χ4v) is 5.82. The van der Waals surface area contributed by atoms with Crippen molar-refractivity contribution in [2.24, 2.45) is 11.8 Å². The van der Waals surface area contributed by atoms with Crippen LogP contribution < -0.4 is 4.74 Å². The molecule has 0 aromatic heterocycles. The third kappa shape index (κ3) is 4.37. The second-order valence-electron chi connectivity index (χ2n) is 9.07. The first-order chi connectivity index (χ1) is 15.3. The van der Waals surface area contributed by atoms with Gasteiger partial charge < -0.3 is 14.6 Å². The number of phenolic OH excluding ortho intramolecular Hbond substituents is 1. The predicted molar refractivity (Wildman–Crippen MR) is 124 cm³/mol. The number of ether oxygens (including phenoxy) is 2. The van der Waals surface area contributed by atoms with Gasteiger partial charge in [0.15, 0.2) is 0 Å². The van der Waals surface area contributed by atoms with E-state index in [-0.39, 0.29) is 0 Å². The van der Waals surface area contributed by atoms with Crippen molar-refractivity contribution in [3.8, 4) is 11.5 Å². The van der Waals surface area contributed by atoms with Gasteiger partial charge in [0.1, 0.15) is 30.5 Å². The van der Waals surface area contributed by atoms with Gasteiger partial charge in [-0.15, -0.1) is 0 Å². The lowest BCUT2D eigenvalue weighted by molar-refractivity contribution is 0.188. The van der Waals surface area contributed by atoms with Crippen LogP contribution in [0.3, 0.4) is 0 Å². The Kier molecular flexibility index (Phi) is 6.01. The number of rotatable bonds is 6. The summed E-state index contributed by atoms with van der Waals surface area (Å²) in [4.78, 5) is 0. The number of aromatic hydroxyl groups is 1. The van der Waals surface area contributed by atoms with Crippen molar-refractivity contribution in [1.29, 1.82) is 0 Å². The van der Waals surface area contributed by atoms with Crippen molar-refractivity contribution >= 4 is 5.76 Å². The van der Waals surface area contributed by atoms with Crippen molar-refractivity contribution < 1.29 is 14.6 Å². The van der Waals surface area contributed by atoms with Crippen molar-refractivity contribution in [3.63, 3.8) is 0 Å². The fraction of sp³-hybridized carbons (Fsp3) is 0.429. The standard InChI is InChI=1S/C28H32O3/c29-23-11-6-10-22(19-23)28(31-17-16-30-24-12-2-1-3-13-24)27-21-9-7-15-26(27)25-14-5-4-8-20(25)18-21/h1-3,6,10-13,19,21,26,29H,4-5,7-9,14-18H2. The smallest absolute Gasteiger partial charge is 0.126 e. The lowest BCUT2D eigenvalue weighted by atomic mass is 9.62. The largest absolute Gasteiger partial charge is 0.508 e. The minimum absolute atomic E-state index is 0.290. The molecule has 2 bridgehead atoms. The Balaban J connectivity index is 1.45. The van der Waals surface area contributed by atoms with Crippen molar-refractivity contribution in [2.75, 3.05) is 13.2 Å². The van der Waals surface area contributed by atoms with E-state index >= 15 is 0 Å². The zero-order valence-corrected chi connectivity index (χ0v) is 18.2. The summed E-state index contributed by atoms with van der Waals surface area (Å²) in [6.45, 7) is 0.998. The van der Waals surface area contributed by atoms with Gasteiger partial charge in [-0.3, -0.25) is 0 Å². The van der Waals surface area contributed by atoms with Gasteiger partial charge in [0.05, 0.1) is 0 Å². The Labute approximate surface area is 185 Å². The first-order valence-corrected chi connectivity index (χ1v) is 11.8. The molecule has 2 atom stereocenters. The summed E-state index contributed by atoms with van der Waals surface area (Å²) in [6.07, 6.45) is 10.2. The van der Waals surface area contributed by atoms with Crippen LogP contribution in [0.25, 0.3) is 5.76 Å². The van der Waals surface area contributed by atoms with Gasteiger partial charge in [0, 0.05) is 11.5 Å². The number of benzene rings is 2. The van der Waals surface area contributed by atoms with E-state index in [0.717, 1.165) is 17.1 Å². The predicted octanol–water partition coefficient (Wildman–Crippen LogP) is 6.89. The Hall–Kier alpha value is -2.68. The zero-order valence-electron chi connectivity index (χ0n) is 18.2. The van der Waals surface area contributed by atoms with E-state index in [1.807, 2.05) is 42.5 Å². The minimum atomic E-state index is 0.290. The molecule has 31 heavy (non-hydrogen) atoms. The summed E-state index contributed by atoms with van der Waals surface area (Å²) in [5, 5.41) is 10.2. The van der Waals surface area contributed by atoms with Gasteiger partial charge in [-0.05, 0) is 80.7 Å². The molecular formula is C28H32O3. The van der Waals surface area contributed by atoms with E-state index in [1.54, 1.807) is 17.2 Å². The van der Waals surface area contributed by atoms with E-state index in [9.17, 15) is 5.11 Å². The van der Waals surface area contributed by atoms with Crippen molar-refractivity contribution in [3.05, 3.63) is 76.9 Å². The lowest BCUT2D eigenvalue weighted by Gasteiger charge is -2.43. The molecule has 3 aliphatic rings. The second kappa shape index (κ2) is 9.21. The van der Waals surface area contributed by atoms with Crippen LogP contribution in [0.15, 0.2) is 71.3 Å². The summed E-state index contributed by atoms with van der Waals surface area (Å²) in [7, 11) is 0. The number of hydrogen-bond acceptors (Lipinski definition) is 3. The number of fused-ring (bicyclic) bond motifs is 3. The molecule has 5 rings (SSSR count). The average molecular weight is 417 g/mol. The molecule has 0 amide bonds. The average Bonchev–Trinajstić information content (AvgIpc) is 2.80. The Bertz CT molecular complexity index is 973. The molecule has 0 aliphatic heterocycles. The molecule has 2 aromatic carbocycles. The molecule has 0 heterocycles. The summed E-state index contributed by atoms with van der Waals surface area (Å²) >= 11 is 0. The third-order valence-electron chi connectivity index (χ3n) is 7.12. The maximum Gasteiger partial charge on any atom is 0.126 e. The van der Waals surface area contributed by atoms with Crippen molar-refractivity contribution in [1.82, 2.24) is 0 Å². The highest BCUT2D eigenvalue weighted by molar-refractivity contribution is 5.67. The third-order valence-corrected chi connectivity index (χ3v) is 7.12. The van der Waals surface area contributed by atoms with Crippen LogP contribution in [0.4, 0.5) is 0 Å². The minimum Gasteiger partial charge on any atom is -0.508 e. The molecule has 3 aliphatic carbocycles. The molecule has 0 radical (unpaired) electrons. The van der Waals surface area contributed by atoms with E-state index in [4.69, 9.17) is 9.47 Å². The number of phenols is 1. The van der Waals surface area contributed by atoms with Crippen LogP contribution in [0.5, 0.6) is 11.5 Å². The first kappa shape index (κ1) is 20.2. The van der Waals surface area contributed by atoms with Crippen LogP contribution in [-0.2, 0) is 4.74 Å². The normalized spacial score (nSPS) is 24.4. The maximum absolute atomic E-state index is 10.2. The van der Waals surface area contributed by atoms with Gasteiger partial charge in [-0.25, -0.2) is 0 Å². The number of para-hydroxylation sites is 1. The van der Waals surface area contributed by atoms with Crippen LogP contribution in [0.2, 0.25) is 0 Å². The highest BCUT2D eigenvalue weighted by Crippen LogP contribution is 2.53. The molecule has 0 saturated heterocycles. The molecular weight excluding hydrogens is 384 g/mol. The highest BCUT2D eigenvalue weighted by Gasteiger charge is 2.39. The van der Waals surface area contributed by atoms with E-state index < -0.39 is 0 Å². The quantitative estimate of drug-likeness (QED) is 0.317. The lowest BCUT2D eigenvalue weighted by Crippen LogP contribution is -2.30.